The summed E-state index contributed by atoms with van der Waals surface area (Å²) in [6.07, 6.45) is 0. The number of hydrogen-bond donors (Lipinski definition) is 8. The summed E-state index contributed by atoms with van der Waals surface area (Å²) in [6.45, 7) is 0. The molecular weight excluding hydrogens is 969 g/mol. The lowest BCUT2D eigenvalue weighted by Gasteiger charge is -2.16. The van der Waals surface area contributed by atoms with Gasteiger partial charge in [0.15, 0.2) is 0 Å². The van der Waals surface area contributed by atoms with Gasteiger partial charge >= 0.3 is 12.1 Å². The summed E-state index contributed by atoms with van der Waals surface area (Å²) >= 11 is 0. The van der Waals surface area contributed by atoms with Gasteiger partial charge in [0.05, 0.1) is 22.7 Å². The van der Waals surface area contributed by atoms with Gasteiger partial charge in [-0.15, -0.1) is 0 Å². The van der Waals surface area contributed by atoms with Gasteiger partial charge < -0.3 is 0 Å². The zero-order chi connectivity index (χ0) is 48.5. The van der Waals surface area contributed by atoms with E-state index in [1.54, 1.807) is 21.3 Å². The lowest BCUT2D eigenvalue weighted by atomic mass is 10.0. The molecule has 0 atom stereocenters. The van der Waals surface area contributed by atoms with Gasteiger partial charge in [0.25, 0.3) is 64.1 Å². The number of imide groups is 4. The van der Waals surface area contributed by atoms with Crippen LogP contribution < -0.4 is 21.3 Å². The van der Waals surface area contributed by atoms with Crippen molar-refractivity contribution in [3.05, 3.63) is 72.8 Å². The van der Waals surface area contributed by atoms with E-state index in [4.69, 9.17) is 0 Å². The molecule has 0 bridgehead atoms. The third-order valence-electron chi connectivity index (χ3n) is 8.28. The third kappa shape index (κ3) is 11.1. The number of azo groups is 4. The highest BCUT2D eigenvalue weighted by molar-refractivity contribution is 7.86. The van der Waals surface area contributed by atoms with E-state index < -0.39 is 130 Å². The van der Waals surface area contributed by atoms with Crippen molar-refractivity contribution in [2.24, 2.45) is 40.9 Å². The normalized spacial score (nSPS) is 16.1. The molecular formula is C32H22N12O18S4. The van der Waals surface area contributed by atoms with Gasteiger partial charge in [-0.25, -0.2) is 9.59 Å². The highest BCUT2D eigenvalue weighted by atomic mass is 32.2. The highest BCUT2D eigenvalue weighted by Gasteiger charge is 2.36. The molecule has 2 heterocycles. The molecule has 66 heavy (non-hydrogen) atoms. The summed E-state index contributed by atoms with van der Waals surface area (Å²) in [5.74, 6) is -4.74. The summed E-state index contributed by atoms with van der Waals surface area (Å²) in [7, 11) is -20.8. The number of barbiturate groups is 2. The van der Waals surface area contributed by atoms with Crippen molar-refractivity contribution in [3.63, 3.8) is 0 Å². The number of amides is 8. The molecule has 2 fully saturated rings. The smallest absolute Gasteiger partial charge is 0.282 e. The molecule has 4 aromatic carbocycles. The number of rotatable bonds is 13. The van der Waals surface area contributed by atoms with E-state index in [9.17, 15) is 80.6 Å². The first kappa shape index (κ1) is 47.6. The fourth-order valence-corrected chi connectivity index (χ4v) is 8.17. The second kappa shape index (κ2) is 18.0. The molecule has 0 radical (unpaired) electrons. The molecule has 34 heteroatoms. The predicted molar refractivity (Wildman–Crippen MR) is 212 cm³/mol. The summed E-state index contributed by atoms with van der Waals surface area (Å²) in [5.41, 5.74) is -3.73. The first-order valence-corrected chi connectivity index (χ1v) is 22.9. The quantitative estimate of drug-likeness (QED) is 0.0542. The number of benzene rings is 4. The molecule has 30 nitrogen and oxygen atoms in total. The fraction of sp³-hybridized carbons (Fsp3) is 0.0625. The number of urea groups is 2. The molecule has 4 aromatic rings. The SMILES string of the molecule is O=C1NC(=O)C(N=Nc2ccc(N=Nc3ccc(-c4ccc(N=Nc5ccc(N=NC6C(=O)NC(=O)NC6=O)c(S(=O)(=O)O)c5)cc4S(=O)(=O)O)c(S(=O)(=O)O)c3)cc2S(=O)(=O)O)C(=O)N1. The molecule has 342 valence electrons. The first-order valence-electron chi connectivity index (χ1n) is 17.1. The molecule has 0 aromatic heterocycles. The first-order chi connectivity index (χ1) is 30.7. The second-order valence-corrected chi connectivity index (χ2v) is 18.4. The minimum atomic E-state index is -5.27. The van der Waals surface area contributed by atoms with Crippen molar-refractivity contribution in [2.45, 2.75) is 31.7 Å². The maximum absolute atomic E-state index is 12.6. The van der Waals surface area contributed by atoms with E-state index in [1.165, 1.54) is 0 Å². The number of nitrogens with zero attached hydrogens (tertiary/aromatic N) is 8. The van der Waals surface area contributed by atoms with Crippen LogP contribution in [0.4, 0.5) is 43.7 Å². The summed E-state index contributed by atoms with van der Waals surface area (Å²) < 4.78 is 139. The van der Waals surface area contributed by atoms with E-state index in [-0.39, 0.29) is 22.7 Å². The maximum atomic E-state index is 12.6. The Labute approximate surface area is 367 Å². The number of carbonyl (C=O) groups is 6. The largest absolute Gasteiger partial charge is 0.328 e. The molecule has 6 rings (SSSR count). The Bertz CT molecular complexity index is 3150. The van der Waals surface area contributed by atoms with Crippen molar-refractivity contribution in [2.75, 3.05) is 0 Å². The van der Waals surface area contributed by atoms with Gasteiger partial charge in [-0.05, 0) is 60.7 Å². The summed E-state index contributed by atoms with van der Waals surface area (Å²) in [6, 6.07) is 4.60. The standard InChI is InChI=1S/C32H22N12O18S4/c45-27-25(28(46)34-31(49)33-27)43-41-19-7-3-15(11-23(19)65(57,58)59)39-37-13-1-5-17(21(9-13)63(51,52)53)18-6-2-14(10-22(18)64(54,55)56)38-40-16-4-8-20(24(12-16)66(60,61)62)42-44-26-29(47)35-32(50)36-30(26)48/h1-12,25-26H,(H,51,52,53)(H,54,55,56)(H,57,58,59)(H,60,61,62)(H2,33,34,45,46,49)(H2,35,36,47,48,50). The van der Waals surface area contributed by atoms with Gasteiger partial charge in [0.1, 0.15) is 31.0 Å². The topological polar surface area (TPSA) is 467 Å². The Kier molecular flexibility index (Phi) is 13.0. The van der Waals surface area contributed by atoms with Gasteiger partial charge in [0, 0.05) is 11.1 Å². The van der Waals surface area contributed by atoms with Gasteiger partial charge in [0.2, 0.25) is 12.1 Å². The monoisotopic (exact) mass is 990 g/mol. The molecule has 2 saturated heterocycles. The average Bonchev–Trinajstić information content (AvgIpc) is 3.20. The van der Waals surface area contributed by atoms with Gasteiger partial charge in [-0.1, -0.05) is 12.1 Å². The van der Waals surface area contributed by atoms with Crippen molar-refractivity contribution in [3.8, 4) is 11.1 Å². The van der Waals surface area contributed by atoms with E-state index in [0.29, 0.717) is 24.3 Å². The van der Waals surface area contributed by atoms with Gasteiger partial charge in [-0.2, -0.15) is 74.6 Å². The van der Waals surface area contributed by atoms with E-state index in [0.717, 1.165) is 48.5 Å². The Morgan fingerprint density at radius 2 is 0.621 bits per heavy atom. The van der Waals surface area contributed by atoms with Crippen LogP contribution in [0.25, 0.3) is 11.1 Å². The number of nitrogens with one attached hydrogen (secondary N) is 4. The van der Waals surface area contributed by atoms with Crippen LogP contribution in [0.3, 0.4) is 0 Å². The van der Waals surface area contributed by atoms with Crippen LogP contribution >= 0.6 is 0 Å². The number of hydrogen-bond acceptors (Lipinski definition) is 22. The van der Waals surface area contributed by atoms with E-state index in [2.05, 4.69) is 40.9 Å². The Balaban J connectivity index is 1.29. The molecule has 0 unspecified atom stereocenters. The Morgan fingerprint density at radius 3 is 0.894 bits per heavy atom. The Morgan fingerprint density at radius 1 is 0.364 bits per heavy atom. The molecule has 2 aliphatic rings. The lowest BCUT2D eigenvalue weighted by molar-refractivity contribution is -0.133. The van der Waals surface area contributed by atoms with Crippen LogP contribution in [-0.4, -0.2) is 99.7 Å². The number of carbonyl (C=O) groups excluding carboxylic acids is 6. The fourth-order valence-electron chi connectivity index (χ4n) is 5.43. The zero-order valence-electron chi connectivity index (χ0n) is 31.8. The summed E-state index contributed by atoms with van der Waals surface area (Å²) in [5, 5.41) is 35.9. The van der Waals surface area contributed by atoms with E-state index >= 15 is 0 Å². The molecule has 0 spiro atoms. The van der Waals surface area contributed by atoms with Crippen LogP contribution in [-0.2, 0) is 59.7 Å². The summed E-state index contributed by atoms with van der Waals surface area (Å²) in [4.78, 5) is 66.4. The highest BCUT2D eigenvalue weighted by Crippen LogP contribution is 2.38. The van der Waals surface area contributed by atoms with Crippen LogP contribution in [0.2, 0.25) is 0 Å². The van der Waals surface area contributed by atoms with Gasteiger partial charge in [-0.3, -0.25) is 58.7 Å². The van der Waals surface area contributed by atoms with Crippen molar-refractivity contribution in [1.29, 1.82) is 0 Å². The minimum absolute atomic E-state index is 0.341. The van der Waals surface area contributed by atoms with E-state index in [1.807, 2.05) is 0 Å². The van der Waals surface area contributed by atoms with Crippen LogP contribution in [0.5, 0.6) is 0 Å². The molecule has 8 N–H and O–H groups in total. The average molecular weight is 991 g/mol. The predicted octanol–water partition coefficient (Wildman–Crippen LogP) is 2.81. The van der Waals surface area contributed by atoms with Crippen molar-refractivity contribution in [1.82, 2.24) is 21.3 Å². The molecule has 0 saturated carbocycles. The van der Waals surface area contributed by atoms with Crippen LogP contribution in [0.15, 0.2) is 133 Å². The van der Waals surface area contributed by atoms with Crippen molar-refractivity contribution < 1.29 is 80.6 Å². The van der Waals surface area contributed by atoms with Crippen LogP contribution in [0, 0.1) is 0 Å². The minimum Gasteiger partial charge on any atom is -0.282 e. The molecule has 0 aliphatic carbocycles. The third-order valence-corrected chi connectivity index (χ3v) is 11.8. The zero-order valence-corrected chi connectivity index (χ0v) is 35.1. The lowest BCUT2D eigenvalue weighted by Crippen LogP contribution is -2.57. The second-order valence-electron chi connectivity index (χ2n) is 12.8. The maximum Gasteiger partial charge on any atom is 0.328 e. The van der Waals surface area contributed by atoms with Crippen molar-refractivity contribution >= 4 is 110 Å². The Hall–Kier alpha value is -7.86. The van der Waals surface area contributed by atoms with Crippen LogP contribution in [0.1, 0.15) is 0 Å². The molecule has 8 amide bonds. The molecule has 2 aliphatic heterocycles.